The van der Waals surface area contributed by atoms with Gasteiger partial charge in [0, 0.05) is 5.56 Å². The van der Waals surface area contributed by atoms with Crippen LogP contribution in [0.15, 0.2) is 24.3 Å². The van der Waals surface area contributed by atoms with Crippen LogP contribution in [-0.4, -0.2) is 18.1 Å². The van der Waals surface area contributed by atoms with Crippen molar-refractivity contribution in [2.24, 2.45) is 0 Å². The zero-order valence-corrected chi connectivity index (χ0v) is 12.4. The Balaban J connectivity index is 2.70. The molecule has 0 saturated heterocycles. The van der Waals surface area contributed by atoms with Gasteiger partial charge in [-0.15, -0.1) is 0 Å². The molecular formula is C13H7Cl3FNO2. The van der Waals surface area contributed by atoms with Crippen LogP contribution in [0.5, 0.6) is 0 Å². The summed E-state index contributed by atoms with van der Waals surface area (Å²) in [7, 11) is 1.20. The molecule has 1 aromatic carbocycles. The Kier molecular flexibility index (Phi) is 4.48. The molecule has 0 atom stereocenters. The van der Waals surface area contributed by atoms with Crippen LogP contribution in [0.2, 0.25) is 15.1 Å². The number of pyridine rings is 1. The predicted octanol–water partition coefficient (Wildman–Crippen LogP) is 4.63. The van der Waals surface area contributed by atoms with Crippen LogP contribution in [0.4, 0.5) is 4.39 Å². The number of rotatable bonds is 2. The first-order chi connectivity index (χ1) is 9.45. The van der Waals surface area contributed by atoms with Crippen LogP contribution in [0.3, 0.4) is 0 Å². The van der Waals surface area contributed by atoms with Crippen molar-refractivity contribution in [3.05, 3.63) is 50.8 Å². The number of hydrogen-bond donors (Lipinski definition) is 0. The van der Waals surface area contributed by atoms with Gasteiger partial charge in [0.25, 0.3) is 0 Å². The van der Waals surface area contributed by atoms with Crippen molar-refractivity contribution in [2.45, 2.75) is 0 Å². The van der Waals surface area contributed by atoms with Gasteiger partial charge < -0.3 is 4.74 Å². The zero-order chi connectivity index (χ0) is 14.9. The molecule has 0 radical (unpaired) electrons. The lowest BCUT2D eigenvalue weighted by Crippen LogP contribution is -2.06. The second-order valence-electron chi connectivity index (χ2n) is 3.74. The molecule has 0 bridgehead atoms. The third kappa shape index (κ3) is 2.73. The summed E-state index contributed by atoms with van der Waals surface area (Å²) < 4.78 is 18.5. The number of halogens is 4. The molecule has 1 aromatic heterocycles. The molecule has 1 heterocycles. The van der Waals surface area contributed by atoms with Crippen molar-refractivity contribution in [1.29, 1.82) is 0 Å². The van der Waals surface area contributed by atoms with E-state index in [2.05, 4.69) is 9.72 Å². The van der Waals surface area contributed by atoms with E-state index in [9.17, 15) is 9.18 Å². The molecule has 0 spiro atoms. The largest absolute Gasteiger partial charge is 0.464 e. The van der Waals surface area contributed by atoms with E-state index in [1.165, 1.54) is 25.3 Å². The van der Waals surface area contributed by atoms with E-state index in [0.717, 1.165) is 6.07 Å². The summed E-state index contributed by atoms with van der Waals surface area (Å²) in [5.74, 6) is -1.37. The van der Waals surface area contributed by atoms with Crippen molar-refractivity contribution in [1.82, 2.24) is 4.98 Å². The molecule has 0 fully saturated rings. The molecule has 0 aliphatic rings. The lowest BCUT2D eigenvalue weighted by molar-refractivity contribution is 0.0594. The Hall–Kier alpha value is -1.36. The fourth-order valence-corrected chi connectivity index (χ4v) is 2.29. The Morgan fingerprint density at radius 3 is 2.45 bits per heavy atom. The van der Waals surface area contributed by atoms with Gasteiger partial charge >= 0.3 is 5.97 Å². The highest BCUT2D eigenvalue weighted by Crippen LogP contribution is 2.39. The average Bonchev–Trinajstić information content (AvgIpc) is 2.44. The van der Waals surface area contributed by atoms with E-state index in [1.807, 2.05) is 0 Å². The number of nitrogens with zero attached hydrogens (tertiary/aromatic N) is 1. The second-order valence-corrected chi connectivity index (χ2v) is 4.93. The number of esters is 1. The minimum absolute atomic E-state index is 0.0593. The summed E-state index contributed by atoms with van der Waals surface area (Å²) >= 11 is 17.9. The number of ether oxygens (including phenoxy) is 1. The SMILES string of the molecule is COC(=O)c1ccc(F)c(-c2c(Cl)ccc(Cl)c2Cl)n1. The molecule has 20 heavy (non-hydrogen) atoms. The van der Waals surface area contributed by atoms with Crippen molar-refractivity contribution in [2.75, 3.05) is 7.11 Å². The standard InChI is InChI=1S/C13H7Cl3FNO2/c1-20-13(19)9-5-4-8(17)12(18-9)10-6(14)2-3-7(15)11(10)16/h2-5H,1H3. The molecule has 0 amide bonds. The molecule has 104 valence electrons. The summed E-state index contributed by atoms with van der Waals surface area (Å²) in [4.78, 5) is 15.3. The van der Waals surface area contributed by atoms with Crippen molar-refractivity contribution in [3.63, 3.8) is 0 Å². The number of hydrogen-bond acceptors (Lipinski definition) is 3. The van der Waals surface area contributed by atoms with Crippen LogP contribution in [0, 0.1) is 5.82 Å². The van der Waals surface area contributed by atoms with E-state index in [-0.39, 0.29) is 32.0 Å². The van der Waals surface area contributed by atoms with E-state index in [1.54, 1.807) is 0 Å². The van der Waals surface area contributed by atoms with Crippen molar-refractivity contribution >= 4 is 40.8 Å². The van der Waals surface area contributed by atoms with Crippen LogP contribution < -0.4 is 0 Å². The minimum Gasteiger partial charge on any atom is -0.464 e. The summed E-state index contributed by atoms with van der Waals surface area (Å²) in [5.41, 5.74) is -0.0921. The van der Waals surface area contributed by atoms with E-state index in [4.69, 9.17) is 34.8 Å². The maximum atomic E-state index is 13.9. The summed E-state index contributed by atoms with van der Waals surface area (Å²) in [6, 6.07) is 5.24. The van der Waals surface area contributed by atoms with Crippen LogP contribution >= 0.6 is 34.8 Å². The summed E-state index contributed by atoms with van der Waals surface area (Å²) in [5, 5.41) is 0.441. The summed E-state index contributed by atoms with van der Waals surface area (Å²) in [6.45, 7) is 0. The van der Waals surface area contributed by atoms with E-state index >= 15 is 0 Å². The highest BCUT2D eigenvalue weighted by molar-refractivity contribution is 6.46. The molecule has 0 aliphatic heterocycles. The lowest BCUT2D eigenvalue weighted by atomic mass is 10.1. The number of benzene rings is 1. The Morgan fingerprint density at radius 1 is 1.15 bits per heavy atom. The van der Waals surface area contributed by atoms with Gasteiger partial charge in [0.2, 0.25) is 0 Å². The molecular weight excluding hydrogens is 328 g/mol. The molecule has 2 rings (SSSR count). The Bertz CT molecular complexity index is 692. The third-order valence-electron chi connectivity index (χ3n) is 2.52. The number of aromatic nitrogens is 1. The quantitative estimate of drug-likeness (QED) is 0.593. The molecule has 3 nitrogen and oxygen atoms in total. The first-order valence-corrected chi connectivity index (χ1v) is 6.47. The fourth-order valence-electron chi connectivity index (χ4n) is 1.58. The zero-order valence-electron chi connectivity index (χ0n) is 10.1. The van der Waals surface area contributed by atoms with Gasteiger partial charge in [0.05, 0.1) is 22.2 Å². The van der Waals surface area contributed by atoms with Crippen LogP contribution in [0.1, 0.15) is 10.5 Å². The number of methoxy groups -OCH3 is 1. The van der Waals surface area contributed by atoms with Crippen LogP contribution in [0.25, 0.3) is 11.3 Å². The normalized spacial score (nSPS) is 10.4. The third-order valence-corrected chi connectivity index (χ3v) is 3.64. The van der Waals surface area contributed by atoms with Crippen LogP contribution in [-0.2, 0) is 4.74 Å². The number of carbonyl (C=O) groups excluding carboxylic acids is 1. The fraction of sp³-hybridized carbons (Fsp3) is 0.0769. The highest BCUT2D eigenvalue weighted by Gasteiger charge is 2.19. The predicted molar refractivity (Wildman–Crippen MR) is 76.0 cm³/mol. The second kappa shape index (κ2) is 5.95. The van der Waals surface area contributed by atoms with Gasteiger partial charge in [-0.1, -0.05) is 34.8 Å². The topological polar surface area (TPSA) is 39.2 Å². The molecule has 0 unspecified atom stereocenters. The average molecular weight is 335 g/mol. The smallest absolute Gasteiger partial charge is 0.356 e. The van der Waals surface area contributed by atoms with E-state index < -0.39 is 11.8 Å². The number of carbonyl (C=O) groups is 1. The maximum absolute atomic E-state index is 13.9. The first kappa shape index (κ1) is 15.0. The van der Waals surface area contributed by atoms with Gasteiger partial charge in [0.1, 0.15) is 17.2 Å². The van der Waals surface area contributed by atoms with Gasteiger partial charge in [-0.05, 0) is 24.3 Å². The molecule has 0 saturated carbocycles. The highest BCUT2D eigenvalue weighted by atomic mass is 35.5. The first-order valence-electron chi connectivity index (χ1n) is 5.34. The Labute approximate surface area is 129 Å². The molecule has 0 aliphatic carbocycles. The molecule has 7 heteroatoms. The molecule has 0 N–H and O–H groups in total. The Morgan fingerprint density at radius 2 is 1.80 bits per heavy atom. The monoisotopic (exact) mass is 333 g/mol. The van der Waals surface area contributed by atoms with Crippen molar-refractivity contribution < 1.29 is 13.9 Å². The summed E-state index contributed by atoms with van der Waals surface area (Å²) in [6.07, 6.45) is 0. The maximum Gasteiger partial charge on any atom is 0.356 e. The van der Waals surface area contributed by atoms with Gasteiger partial charge in [-0.25, -0.2) is 14.2 Å². The lowest BCUT2D eigenvalue weighted by Gasteiger charge is -2.10. The van der Waals surface area contributed by atoms with Gasteiger partial charge in [-0.3, -0.25) is 0 Å². The van der Waals surface area contributed by atoms with Crippen molar-refractivity contribution in [3.8, 4) is 11.3 Å². The van der Waals surface area contributed by atoms with Gasteiger partial charge in [0.15, 0.2) is 0 Å². The molecule has 2 aromatic rings. The van der Waals surface area contributed by atoms with E-state index in [0.29, 0.717) is 0 Å². The minimum atomic E-state index is -0.694. The van der Waals surface area contributed by atoms with Gasteiger partial charge in [-0.2, -0.15) is 0 Å².